The molecule has 4 nitrogen and oxygen atoms in total. The maximum absolute atomic E-state index is 13.7. The Morgan fingerprint density at radius 1 is 0.821 bits per heavy atom. The van der Waals surface area contributed by atoms with Gasteiger partial charge in [0.2, 0.25) is 0 Å². The standard InChI is InChI=1S/C23H22FNO3/c24-21-12-6-4-8-18(21)14-15-25-23(26)20-11-5-7-13-22(20)28-17-16-27-19-9-2-1-3-10-19/h1-13H,14-17H2,(H,25,26). The van der Waals surface area contributed by atoms with Gasteiger partial charge in [0.15, 0.2) is 0 Å². The highest BCUT2D eigenvalue weighted by Crippen LogP contribution is 2.18. The molecule has 0 aliphatic heterocycles. The molecule has 1 amide bonds. The Bertz CT molecular complexity index is 899. The van der Waals surface area contributed by atoms with Gasteiger partial charge in [-0.15, -0.1) is 0 Å². The van der Waals surface area contributed by atoms with Crippen molar-refractivity contribution in [1.82, 2.24) is 5.32 Å². The summed E-state index contributed by atoms with van der Waals surface area (Å²) in [4.78, 5) is 12.5. The van der Waals surface area contributed by atoms with E-state index in [0.717, 1.165) is 5.75 Å². The summed E-state index contributed by atoms with van der Waals surface area (Å²) in [6.07, 6.45) is 0.423. The minimum atomic E-state index is -0.265. The number of carbonyl (C=O) groups is 1. The number of nitrogens with one attached hydrogen (secondary N) is 1. The fourth-order valence-corrected chi connectivity index (χ4v) is 2.72. The second-order valence-electron chi connectivity index (χ2n) is 6.10. The van der Waals surface area contributed by atoms with E-state index in [2.05, 4.69) is 5.32 Å². The van der Waals surface area contributed by atoms with E-state index in [1.54, 1.807) is 36.4 Å². The van der Waals surface area contributed by atoms with Gasteiger partial charge in [0.05, 0.1) is 5.56 Å². The predicted molar refractivity (Wildman–Crippen MR) is 106 cm³/mol. The molecule has 0 aliphatic carbocycles. The van der Waals surface area contributed by atoms with E-state index in [1.807, 2.05) is 36.4 Å². The van der Waals surface area contributed by atoms with Crippen molar-refractivity contribution in [2.75, 3.05) is 19.8 Å². The summed E-state index contributed by atoms with van der Waals surface area (Å²) in [5.74, 6) is 0.739. The van der Waals surface area contributed by atoms with Crippen LogP contribution >= 0.6 is 0 Å². The largest absolute Gasteiger partial charge is 0.490 e. The van der Waals surface area contributed by atoms with Gasteiger partial charge in [-0.2, -0.15) is 0 Å². The maximum atomic E-state index is 13.7. The number of halogens is 1. The van der Waals surface area contributed by atoms with Gasteiger partial charge < -0.3 is 14.8 Å². The molecular formula is C23H22FNO3. The Morgan fingerprint density at radius 3 is 2.32 bits per heavy atom. The molecule has 0 heterocycles. The smallest absolute Gasteiger partial charge is 0.255 e. The number of para-hydroxylation sites is 2. The Hall–Kier alpha value is -3.34. The second kappa shape index (κ2) is 10.1. The molecule has 1 N–H and O–H groups in total. The summed E-state index contributed by atoms with van der Waals surface area (Å²) in [5, 5.41) is 2.81. The molecule has 0 spiro atoms. The molecule has 0 unspecified atom stereocenters. The third kappa shape index (κ3) is 5.58. The number of amides is 1. The first-order valence-corrected chi connectivity index (χ1v) is 9.15. The SMILES string of the molecule is O=C(NCCc1ccccc1F)c1ccccc1OCCOc1ccccc1. The second-order valence-corrected chi connectivity index (χ2v) is 6.10. The number of ether oxygens (including phenoxy) is 2. The number of rotatable bonds is 9. The molecule has 0 saturated heterocycles. The molecule has 3 rings (SSSR count). The topological polar surface area (TPSA) is 47.6 Å². The van der Waals surface area contributed by atoms with Crippen molar-refractivity contribution in [2.45, 2.75) is 6.42 Å². The van der Waals surface area contributed by atoms with Crippen molar-refractivity contribution >= 4 is 5.91 Å². The minimum Gasteiger partial charge on any atom is -0.490 e. The summed E-state index contributed by atoms with van der Waals surface area (Å²) in [6, 6.07) is 23.0. The van der Waals surface area contributed by atoms with Crippen molar-refractivity contribution in [2.24, 2.45) is 0 Å². The maximum Gasteiger partial charge on any atom is 0.255 e. The van der Waals surface area contributed by atoms with Crippen molar-refractivity contribution in [3.8, 4) is 11.5 Å². The van der Waals surface area contributed by atoms with Crippen molar-refractivity contribution in [3.05, 3.63) is 95.8 Å². The number of carbonyl (C=O) groups excluding carboxylic acids is 1. The number of hydrogen-bond acceptors (Lipinski definition) is 3. The Kier molecular flexibility index (Phi) is 7.01. The molecule has 0 atom stereocenters. The van der Waals surface area contributed by atoms with E-state index in [-0.39, 0.29) is 11.7 Å². The van der Waals surface area contributed by atoms with E-state index in [1.165, 1.54) is 6.07 Å². The van der Waals surface area contributed by atoms with Gasteiger partial charge in [-0.3, -0.25) is 4.79 Å². The zero-order valence-electron chi connectivity index (χ0n) is 15.4. The third-order valence-electron chi connectivity index (χ3n) is 4.12. The van der Waals surface area contributed by atoms with Crippen molar-refractivity contribution in [3.63, 3.8) is 0 Å². The fraction of sp³-hybridized carbons (Fsp3) is 0.174. The average molecular weight is 379 g/mol. The summed E-state index contributed by atoms with van der Waals surface area (Å²) < 4.78 is 25.0. The highest BCUT2D eigenvalue weighted by Gasteiger charge is 2.12. The molecule has 0 aromatic heterocycles. The summed E-state index contributed by atoms with van der Waals surface area (Å²) in [5.41, 5.74) is 1.01. The van der Waals surface area contributed by atoms with Crippen LogP contribution in [0.25, 0.3) is 0 Å². The lowest BCUT2D eigenvalue weighted by Gasteiger charge is -2.12. The van der Waals surface area contributed by atoms with Crippen LogP contribution in [0.2, 0.25) is 0 Å². The summed E-state index contributed by atoms with van der Waals surface area (Å²) >= 11 is 0. The molecule has 28 heavy (non-hydrogen) atoms. The van der Waals surface area contributed by atoms with Crippen LogP contribution in [0.4, 0.5) is 4.39 Å². The van der Waals surface area contributed by atoms with Crippen LogP contribution in [0.15, 0.2) is 78.9 Å². The van der Waals surface area contributed by atoms with Gasteiger partial charge in [0.1, 0.15) is 30.5 Å². The van der Waals surface area contributed by atoms with Gasteiger partial charge in [0.25, 0.3) is 5.91 Å². The van der Waals surface area contributed by atoms with Crippen LogP contribution in [0, 0.1) is 5.82 Å². The monoisotopic (exact) mass is 379 g/mol. The van der Waals surface area contributed by atoms with Crippen molar-refractivity contribution < 1.29 is 18.7 Å². The zero-order chi connectivity index (χ0) is 19.6. The molecular weight excluding hydrogens is 357 g/mol. The number of hydrogen-bond donors (Lipinski definition) is 1. The van der Waals surface area contributed by atoms with E-state index in [0.29, 0.717) is 43.1 Å². The first-order valence-electron chi connectivity index (χ1n) is 9.15. The van der Waals surface area contributed by atoms with Crippen LogP contribution in [-0.4, -0.2) is 25.7 Å². The minimum absolute atomic E-state index is 0.254. The Balaban J connectivity index is 1.49. The van der Waals surface area contributed by atoms with Gasteiger partial charge in [-0.05, 0) is 42.3 Å². The molecule has 0 bridgehead atoms. The highest BCUT2D eigenvalue weighted by molar-refractivity contribution is 5.96. The van der Waals surface area contributed by atoms with Crippen LogP contribution < -0.4 is 14.8 Å². The van der Waals surface area contributed by atoms with E-state index in [4.69, 9.17) is 9.47 Å². The van der Waals surface area contributed by atoms with Crippen LogP contribution in [0.3, 0.4) is 0 Å². The molecule has 3 aromatic rings. The zero-order valence-corrected chi connectivity index (χ0v) is 15.4. The average Bonchev–Trinajstić information content (AvgIpc) is 2.73. The molecule has 5 heteroatoms. The fourth-order valence-electron chi connectivity index (χ4n) is 2.72. The van der Waals surface area contributed by atoms with Crippen molar-refractivity contribution in [1.29, 1.82) is 0 Å². The molecule has 0 aliphatic rings. The van der Waals surface area contributed by atoms with Gasteiger partial charge in [-0.1, -0.05) is 48.5 Å². The first-order chi connectivity index (χ1) is 13.7. The van der Waals surface area contributed by atoms with Gasteiger partial charge >= 0.3 is 0 Å². The summed E-state index contributed by atoms with van der Waals surface area (Å²) in [6.45, 7) is 1.02. The lowest BCUT2D eigenvalue weighted by atomic mass is 10.1. The third-order valence-corrected chi connectivity index (χ3v) is 4.12. The van der Waals surface area contributed by atoms with Gasteiger partial charge in [-0.25, -0.2) is 4.39 Å². The van der Waals surface area contributed by atoms with Gasteiger partial charge in [0, 0.05) is 6.54 Å². The predicted octanol–water partition coefficient (Wildman–Crippen LogP) is 4.26. The van der Waals surface area contributed by atoms with Crippen LogP contribution in [-0.2, 0) is 6.42 Å². The van der Waals surface area contributed by atoms with Crippen LogP contribution in [0.1, 0.15) is 15.9 Å². The normalized spacial score (nSPS) is 10.3. The molecule has 3 aromatic carbocycles. The highest BCUT2D eigenvalue weighted by atomic mass is 19.1. The van der Waals surface area contributed by atoms with E-state index in [9.17, 15) is 9.18 Å². The number of benzene rings is 3. The quantitative estimate of drug-likeness (QED) is 0.565. The Morgan fingerprint density at radius 2 is 1.50 bits per heavy atom. The molecule has 0 radical (unpaired) electrons. The van der Waals surface area contributed by atoms with E-state index < -0.39 is 0 Å². The van der Waals surface area contributed by atoms with E-state index >= 15 is 0 Å². The van der Waals surface area contributed by atoms with Crippen LogP contribution in [0.5, 0.6) is 11.5 Å². The lowest BCUT2D eigenvalue weighted by Crippen LogP contribution is -2.26. The lowest BCUT2D eigenvalue weighted by molar-refractivity contribution is 0.0948. The first kappa shape index (κ1) is 19.4. The molecule has 144 valence electrons. The summed E-state index contributed by atoms with van der Waals surface area (Å²) in [7, 11) is 0. The Labute approximate surface area is 163 Å². The molecule has 0 fully saturated rings. The molecule has 0 saturated carbocycles.